The lowest BCUT2D eigenvalue weighted by atomic mass is 10.1. The molecule has 0 saturated heterocycles. The molecule has 130 valence electrons. The van der Waals surface area contributed by atoms with Gasteiger partial charge in [0.15, 0.2) is 0 Å². The molecule has 2 aromatic heterocycles. The standard InChI is InChI=1S/C19H21N3O3/c1-13(11-17(23)18-9-6-10-25-18)21-19(24)16-12-20-22(14(16)2)15-7-4-3-5-8-15/h3-10,12-13,17,23H,11H2,1-2H3,(H,21,24). The molecule has 3 aromatic rings. The van der Waals surface area contributed by atoms with E-state index >= 15 is 0 Å². The zero-order valence-electron chi connectivity index (χ0n) is 14.2. The number of aromatic nitrogens is 2. The van der Waals surface area contributed by atoms with Gasteiger partial charge in [-0.15, -0.1) is 0 Å². The zero-order valence-corrected chi connectivity index (χ0v) is 14.2. The molecule has 0 bridgehead atoms. The largest absolute Gasteiger partial charge is 0.467 e. The third kappa shape index (κ3) is 3.80. The SMILES string of the molecule is Cc1c(C(=O)NC(C)CC(O)c2ccco2)cnn1-c1ccccc1. The third-order valence-electron chi connectivity index (χ3n) is 4.08. The summed E-state index contributed by atoms with van der Waals surface area (Å²) in [7, 11) is 0. The van der Waals surface area contributed by atoms with Crippen LogP contribution < -0.4 is 5.32 Å². The van der Waals surface area contributed by atoms with E-state index in [0.29, 0.717) is 17.7 Å². The number of para-hydroxylation sites is 1. The number of benzene rings is 1. The number of amides is 1. The lowest BCUT2D eigenvalue weighted by Gasteiger charge is -2.16. The number of rotatable bonds is 6. The first-order valence-corrected chi connectivity index (χ1v) is 8.18. The second-order valence-electron chi connectivity index (χ2n) is 6.03. The first-order chi connectivity index (χ1) is 12.1. The second-order valence-corrected chi connectivity index (χ2v) is 6.03. The van der Waals surface area contributed by atoms with E-state index < -0.39 is 6.10 Å². The molecule has 6 nitrogen and oxygen atoms in total. The maximum absolute atomic E-state index is 12.5. The summed E-state index contributed by atoms with van der Waals surface area (Å²) in [6.07, 6.45) is 2.69. The predicted octanol–water partition coefficient (Wildman–Crippen LogP) is 3.02. The summed E-state index contributed by atoms with van der Waals surface area (Å²) in [6, 6.07) is 12.9. The van der Waals surface area contributed by atoms with Crippen LogP contribution in [0.1, 0.15) is 41.3 Å². The van der Waals surface area contributed by atoms with E-state index in [1.54, 1.807) is 23.0 Å². The van der Waals surface area contributed by atoms with Crippen molar-refractivity contribution < 1.29 is 14.3 Å². The number of carbonyl (C=O) groups excluding carboxylic acids is 1. The van der Waals surface area contributed by atoms with Crippen molar-refractivity contribution >= 4 is 5.91 Å². The van der Waals surface area contributed by atoms with Crippen LogP contribution in [0.5, 0.6) is 0 Å². The van der Waals surface area contributed by atoms with Crippen LogP contribution in [0.3, 0.4) is 0 Å². The summed E-state index contributed by atoms with van der Waals surface area (Å²) in [5, 5.41) is 17.3. The minimum absolute atomic E-state index is 0.209. The normalized spacial score (nSPS) is 13.4. The Balaban J connectivity index is 1.66. The van der Waals surface area contributed by atoms with E-state index in [4.69, 9.17) is 4.42 Å². The molecule has 2 atom stereocenters. The molecule has 6 heteroatoms. The van der Waals surface area contributed by atoms with Crippen molar-refractivity contribution in [3.63, 3.8) is 0 Å². The van der Waals surface area contributed by atoms with Crippen LogP contribution in [0.25, 0.3) is 5.69 Å². The molecule has 0 aliphatic heterocycles. The number of aliphatic hydroxyl groups is 1. The van der Waals surface area contributed by atoms with Crippen LogP contribution in [0, 0.1) is 6.92 Å². The Morgan fingerprint density at radius 3 is 2.72 bits per heavy atom. The minimum Gasteiger partial charge on any atom is -0.467 e. The van der Waals surface area contributed by atoms with Gasteiger partial charge in [0, 0.05) is 12.5 Å². The first kappa shape index (κ1) is 17.0. The first-order valence-electron chi connectivity index (χ1n) is 8.18. The fourth-order valence-corrected chi connectivity index (χ4v) is 2.75. The van der Waals surface area contributed by atoms with E-state index in [-0.39, 0.29) is 11.9 Å². The highest BCUT2D eigenvalue weighted by molar-refractivity contribution is 5.95. The molecule has 0 aliphatic rings. The summed E-state index contributed by atoms with van der Waals surface area (Å²) in [5.74, 6) is 0.285. The molecular formula is C19H21N3O3. The van der Waals surface area contributed by atoms with Crippen LogP contribution in [-0.4, -0.2) is 26.8 Å². The molecule has 2 unspecified atom stereocenters. The van der Waals surface area contributed by atoms with E-state index in [1.165, 1.54) is 6.26 Å². The van der Waals surface area contributed by atoms with Crippen molar-refractivity contribution in [3.8, 4) is 5.69 Å². The van der Waals surface area contributed by atoms with Crippen molar-refractivity contribution in [2.45, 2.75) is 32.4 Å². The lowest BCUT2D eigenvalue weighted by Crippen LogP contribution is -2.34. The Hall–Kier alpha value is -2.86. The summed E-state index contributed by atoms with van der Waals surface area (Å²) < 4.78 is 6.91. The van der Waals surface area contributed by atoms with Gasteiger partial charge in [-0.05, 0) is 38.1 Å². The van der Waals surface area contributed by atoms with E-state index in [1.807, 2.05) is 44.2 Å². The van der Waals surface area contributed by atoms with Crippen LogP contribution in [0.4, 0.5) is 0 Å². The fraction of sp³-hybridized carbons (Fsp3) is 0.263. The quantitative estimate of drug-likeness (QED) is 0.723. The molecule has 1 amide bonds. The molecule has 25 heavy (non-hydrogen) atoms. The van der Waals surface area contributed by atoms with Crippen LogP contribution in [0.2, 0.25) is 0 Å². The van der Waals surface area contributed by atoms with Crippen LogP contribution in [0.15, 0.2) is 59.3 Å². The number of aliphatic hydroxyl groups excluding tert-OH is 1. The van der Waals surface area contributed by atoms with Gasteiger partial charge in [-0.1, -0.05) is 18.2 Å². The Labute approximate surface area is 146 Å². The van der Waals surface area contributed by atoms with Crippen LogP contribution >= 0.6 is 0 Å². The topological polar surface area (TPSA) is 80.3 Å². The predicted molar refractivity (Wildman–Crippen MR) is 93.5 cm³/mol. The van der Waals surface area contributed by atoms with E-state index in [0.717, 1.165) is 11.4 Å². The molecule has 1 aromatic carbocycles. The molecule has 0 saturated carbocycles. The van der Waals surface area contributed by atoms with E-state index in [9.17, 15) is 9.90 Å². The number of carbonyl (C=O) groups is 1. The van der Waals surface area contributed by atoms with Gasteiger partial charge in [0.1, 0.15) is 11.9 Å². The van der Waals surface area contributed by atoms with Crippen molar-refractivity contribution in [3.05, 3.63) is 71.9 Å². The number of nitrogens with zero attached hydrogens (tertiary/aromatic N) is 2. The van der Waals surface area contributed by atoms with Gasteiger partial charge >= 0.3 is 0 Å². The Morgan fingerprint density at radius 2 is 2.04 bits per heavy atom. The van der Waals surface area contributed by atoms with Gasteiger partial charge in [0.25, 0.3) is 5.91 Å². The summed E-state index contributed by atoms with van der Waals surface area (Å²) in [6.45, 7) is 3.71. The number of nitrogens with one attached hydrogen (secondary N) is 1. The maximum Gasteiger partial charge on any atom is 0.254 e. The van der Waals surface area contributed by atoms with Gasteiger partial charge in [-0.25, -0.2) is 4.68 Å². The Kier molecular flexibility index (Phi) is 5.00. The Morgan fingerprint density at radius 1 is 1.28 bits per heavy atom. The molecule has 3 rings (SSSR count). The lowest BCUT2D eigenvalue weighted by molar-refractivity contribution is 0.0902. The monoisotopic (exact) mass is 339 g/mol. The van der Waals surface area contributed by atoms with Crippen molar-refractivity contribution in [1.82, 2.24) is 15.1 Å². The summed E-state index contributed by atoms with van der Waals surface area (Å²) in [5.41, 5.74) is 2.19. The average Bonchev–Trinajstić information content (AvgIpc) is 3.25. The fourth-order valence-electron chi connectivity index (χ4n) is 2.75. The van der Waals surface area contributed by atoms with Gasteiger partial charge < -0.3 is 14.8 Å². The molecular weight excluding hydrogens is 318 g/mol. The number of hydrogen-bond donors (Lipinski definition) is 2. The molecule has 0 spiro atoms. The molecule has 0 radical (unpaired) electrons. The molecule has 0 aliphatic carbocycles. The maximum atomic E-state index is 12.5. The summed E-state index contributed by atoms with van der Waals surface area (Å²) >= 11 is 0. The summed E-state index contributed by atoms with van der Waals surface area (Å²) in [4.78, 5) is 12.5. The minimum atomic E-state index is -0.751. The van der Waals surface area contributed by atoms with Crippen molar-refractivity contribution in [2.24, 2.45) is 0 Å². The Bertz CT molecular complexity index is 825. The molecule has 2 N–H and O–H groups in total. The highest BCUT2D eigenvalue weighted by Crippen LogP contribution is 2.19. The highest BCUT2D eigenvalue weighted by Gasteiger charge is 2.20. The smallest absolute Gasteiger partial charge is 0.254 e. The van der Waals surface area contributed by atoms with Crippen molar-refractivity contribution in [2.75, 3.05) is 0 Å². The van der Waals surface area contributed by atoms with Gasteiger partial charge in [0.05, 0.1) is 29.4 Å². The zero-order chi connectivity index (χ0) is 17.8. The van der Waals surface area contributed by atoms with Gasteiger partial charge in [-0.3, -0.25) is 4.79 Å². The van der Waals surface area contributed by atoms with Gasteiger partial charge in [-0.2, -0.15) is 5.10 Å². The highest BCUT2D eigenvalue weighted by atomic mass is 16.4. The van der Waals surface area contributed by atoms with Gasteiger partial charge in [0.2, 0.25) is 0 Å². The second kappa shape index (κ2) is 7.36. The number of hydrogen-bond acceptors (Lipinski definition) is 4. The van der Waals surface area contributed by atoms with Crippen molar-refractivity contribution in [1.29, 1.82) is 0 Å². The van der Waals surface area contributed by atoms with E-state index in [2.05, 4.69) is 10.4 Å². The third-order valence-corrected chi connectivity index (χ3v) is 4.08. The number of furan rings is 1. The average molecular weight is 339 g/mol. The molecule has 0 fully saturated rings. The van der Waals surface area contributed by atoms with Crippen LogP contribution in [-0.2, 0) is 0 Å². The molecule has 2 heterocycles.